The standard InChI is InChI=1S/C20H24Cl2N4O/c1-4-10-25(11-5-2)20(27)18-13(3)24-17-8-9-23-26(17)19(18)14-6-7-15(21)16(22)12-14/h6-9,12,18-19H,4-5,10-11H2,1-3H3. The summed E-state index contributed by atoms with van der Waals surface area (Å²) in [5, 5.41) is 5.40. The summed E-state index contributed by atoms with van der Waals surface area (Å²) in [6.45, 7) is 7.55. The third-order valence-corrected chi connectivity index (χ3v) is 5.56. The third-order valence-electron chi connectivity index (χ3n) is 4.82. The Morgan fingerprint density at radius 1 is 1.15 bits per heavy atom. The molecule has 27 heavy (non-hydrogen) atoms. The number of rotatable bonds is 6. The van der Waals surface area contributed by atoms with Gasteiger partial charge < -0.3 is 4.90 Å². The predicted octanol–water partition coefficient (Wildman–Crippen LogP) is 5.15. The van der Waals surface area contributed by atoms with Crippen molar-refractivity contribution in [1.82, 2.24) is 14.7 Å². The second-order valence-corrected chi connectivity index (χ2v) is 7.62. The van der Waals surface area contributed by atoms with E-state index in [-0.39, 0.29) is 11.9 Å². The van der Waals surface area contributed by atoms with Crippen LogP contribution in [0.5, 0.6) is 0 Å². The van der Waals surface area contributed by atoms with Crippen LogP contribution in [0.1, 0.15) is 45.2 Å². The van der Waals surface area contributed by atoms with E-state index in [0.29, 0.717) is 10.0 Å². The molecular formula is C20H24Cl2N4O. The summed E-state index contributed by atoms with van der Waals surface area (Å²) in [5.74, 6) is 0.398. The van der Waals surface area contributed by atoms with E-state index in [4.69, 9.17) is 23.2 Å². The lowest BCUT2D eigenvalue weighted by Gasteiger charge is -2.35. The quantitative estimate of drug-likeness (QED) is 0.665. The monoisotopic (exact) mass is 406 g/mol. The molecule has 0 N–H and O–H groups in total. The molecule has 7 heteroatoms. The van der Waals surface area contributed by atoms with Gasteiger partial charge in [-0.25, -0.2) is 9.67 Å². The largest absolute Gasteiger partial charge is 0.342 e. The molecule has 1 aliphatic heterocycles. The molecule has 1 aromatic carbocycles. The van der Waals surface area contributed by atoms with Gasteiger partial charge in [-0.15, -0.1) is 0 Å². The lowest BCUT2D eigenvalue weighted by Crippen LogP contribution is -2.45. The fraction of sp³-hybridized carbons (Fsp3) is 0.450. The van der Waals surface area contributed by atoms with Crippen molar-refractivity contribution in [3.05, 3.63) is 46.1 Å². The summed E-state index contributed by atoms with van der Waals surface area (Å²) < 4.78 is 1.81. The fourth-order valence-electron chi connectivity index (χ4n) is 3.64. The highest BCUT2D eigenvalue weighted by Crippen LogP contribution is 2.38. The van der Waals surface area contributed by atoms with Gasteiger partial charge in [0, 0.05) is 24.9 Å². The predicted molar refractivity (Wildman–Crippen MR) is 110 cm³/mol. The van der Waals surface area contributed by atoms with Gasteiger partial charge >= 0.3 is 0 Å². The molecule has 0 saturated heterocycles. The Labute approximate surface area is 170 Å². The topological polar surface area (TPSA) is 50.5 Å². The van der Waals surface area contributed by atoms with Crippen LogP contribution in [0.3, 0.4) is 0 Å². The number of benzene rings is 1. The molecule has 2 aromatic rings. The van der Waals surface area contributed by atoms with Gasteiger partial charge in [-0.05, 0) is 37.5 Å². The van der Waals surface area contributed by atoms with E-state index in [1.807, 2.05) is 34.7 Å². The fourth-order valence-corrected chi connectivity index (χ4v) is 3.95. The number of carbonyl (C=O) groups is 1. The molecule has 2 unspecified atom stereocenters. The second-order valence-electron chi connectivity index (χ2n) is 6.81. The molecule has 2 heterocycles. The molecule has 0 spiro atoms. The van der Waals surface area contributed by atoms with Gasteiger partial charge in [0.05, 0.1) is 22.3 Å². The summed E-state index contributed by atoms with van der Waals surface area (Å²) in [6, 6.07) is 7.05. The maximum atomic E-state index is 13.5. The molecule has 144 valence electrons. The first kappa shape index (κ1) is 19.9. The maximum Gasteiger partial charge on any atom is 0.233 e. The van der Waals surface area contributed by atoms with Crippen LogP contribution in [0.25, 0.3) is 0 Å². The Morgan fingerprint density at radius 2 is 1.85 bits per heavy atom. The van der Waals surface area contributed by atoms with Crippen molar-refractivity contribution in [3.63, 3.8) is 0 Å². The molecule has 0 aliphatic carbocycles. The number of nitrogens with zero attached hydrogens (tertiary/aromatic N) is 4. The van der Waals surface area contributed by atoms with Crippen LogP contribution in [0, 0.1) is 5.92 Å². The SMILES string of the molecule is CCCN(CCC)C(=O)C1C(C)=Nc2ccnn2C1c1ccc(Cl)c(Cl)c1. The van der Waals surface area contributed by atoms with Crippen LogP contribution < -0.4 is 0 Å². The average Bonchev–Trinajstić information content (AvgIpc) is 3.10. The molecule has 5 nitrogen and oxygen atoms in total. The summed E-state index contributed by atoms with van der Waals surface area (Å²) in [5.41, 5.74) is 1.69. The van der Waals surface area contributed by atoms with Crippen molar-refractivity contribution in [3.8, 4) is 0 Å². The minimum atomic E-state index is -0.423. The number of fused-ring (bicyclic) bond motifs is 1. The second kappa shape index (κ2) is 8.44. The van der Waals surface area contributed by atoms with Crippen LogP contribution >= 0.6 is 23.2 Å². The zero-order valence-electron chi connectivity index (χ0n) is 15.8. The number of hydrogen-bond acceptors (Lipinski definition) is 3. The molecular weight excluding hydrogens is 383 g/mol. The minimum absolute atomic E-state index is 0.0807. The van der Waals surface area contributed by atoms with Crippen LogP contribution in [-0.4, -0.2) is 39.4 Å². The highest BCUT2D eigenvalue weighted by atomic mass is 35.5. The number of amides is 1. The first-order valence-corrected chi connectivity index (χ1v) is 10.1. The molecule has 0 fully saturated rings. The first-order chi connectivity index (χ1) is 13.0. The van der Waals surface area contributed by atoms with E-state index < -0.39 is 5.92 Å². The smallest absolute Gasteiger partial charge is 0.233 e. The van der Waals surface area contributed by atoms with Crippen LogP contribution in [0.15, 0.2) is 35.5 Å². The van der Waals surface area contributed by atoms with Crippen molar-refractivity contribution >= 4 is 40.6 Å². The molecule has 2 atom stereocenters. The van der Waals surface area contributed by atoms with Crippen molar-refractivity contribution < 1.29 is 4.79 Å². The first-order valence-electron chi connectivity index (χ1n) is 9.30. The van der Waals surface area contributed by atoms with Gasteiger partial charge in [-0.2, -0.15) is 5.10 Å². The molecule has 0 bridgehead atoms. The van der Waals surface area contributed by atoms with Crippen LogP contribution in [-0.2, 0) is 4.79 Å². The van der Waals surface area contributed by atoms with E-state index >= 15 is 0 Å². The van der Waals surface area contributed by atoms with E-state index in [1.165, 1.54) is 0 Å². The lowest BCUT2D eigenvalue weighted by atomic mass is 9.87. The number of halogens is 2. The van der Waals surface area contributed by atoms with Crippen molar-refractivity contribution in [2.75, 3.05) is 13.1 Å². The molecule has 1 aliphatic rings. The van der Waals surface area contributed by atoms with Crippen molar-refractivity contribution in [2.45, 2.75) is 39.7 Å². The molecule has 0 radical (unpaired) electrons. The van der Waals surface area contributed by atoms with Gasteiger partial charge in [0.2, 0.25) is 5.91 Å². The zero-order chi connectivity index (χ0) is 19.6. The lowest BCUT2D eigenvalue weighted by molar-refractivity contribution is -0.134. The third kappa shape index (κ3) is 3.90. The van der Waals surface area contributed by atoms with E-state index in [2.05, 4.69) is 23.9 Å². The van der Waals surface area contributed by atoms with Crippen LogP contribution in [0.2, 0.25) is 10.0 Å². The zero-order valence-corrected chi connectivity index (χ0v) is 17.3. The molecule has 0 saturated carbocycles. The van der Waals surface area contributed by atoms with Crippen LogP contribution in [0.4, 0.5) is 5.82 Å². The Hall–Kier alpha value is -1.85. The highest BCUT2D eigenvalue weighted by Gasteiger charge is 2.40. The van der Waals surface area contributed by atoms with Gasteiger partial charge in [-0.1, -0.05) is 43.1 Å². The Balaban J connectivity index is 2.08. The van der Waals surface area contributed by atoms with Gasteiger partial charge in [0.1, 0.15) is 5.92 Å². The van der Waals surface area contributed by atoms with E-state index in [1.54, 1.807) is 12.3 Å². The number of aliphatic imine (C=N–C) groups is 1. The van der Waals surface area contributed by atoms with E-state index in [0.717, 1.165) is 43.0 Å². The van der Waals surface area contributed by atoms with Crippen molar-refractivity contribution in [2.24, 2.45) is 10.9 Å². The summed E-state index contributed by atoms with van der Waals surface area (Å²) in [7, 11) is 0. The van der Waals surface area contributed by atoms with Gasteiger partial charge in [0.25, 0.3) is 0 Å². The average molecular weight is 407 g/mol. The summed E-state index contributed by atoms with van der Waals surface area (Å²) in [4.78, 5) is 20.1. The highest BCUT2D eigenvalue weighted by molar-refractivity contribution is 6.42. The molecule has 1 aromatic heterocycles. The molecule has 1 amide bonds. The van der Waals surface area contributed by atoms with Gasteiger partial charge in [0.15, 0.2) is 5.82 Å². The Kier molecular flexibility index (Phi) is 6.22. The minimum Gasteiger partial charge on any atom is -0.342 e. The van der Waals surface area contributed by atoms with E-state index in [9.17, 15) is 4.79 Å². The Bertz CT molecular complexity index is 855. The number of carbonyl (C=O) groups excluding carboxylic acids is 1. The summed E-state index contributed by atoms with van der Waals surface area (Å²) >= 11 is 12.4. The van der Waals surface area contributed by atoms with Gasteiger partial charge in [-0.3, -0.25) is 4.79 Å². The maximum absolute atomic E-state index is 13.5. The molecule has 3 rings (SSSR count). The number of aromatic nitrogens is 2. The Morgan fingerprint density at radius 3 is 2.48 bits per heavy atom. The normalized spacial score (nSPS) is 18.8. The van der Waals surface area contributed by atoms with Crippen molar-refractivity contribution in [1.29, 1.82) is 0 Å². The number of hydrogen-bond donors (Lipinski definition) is 0. The summed E-state index contributed by atoms with van der Waals surface area (Å²) in [6.07, 6.45) is 3.54.